The lowest BCUT2D eigenvalue weighted by molar-refractivity contribution is -0.301. The summed E-state index contributed by atoms with van der Waals surface area (Å²) >= 11 is 0. The first-order chi connectivity index (χ1) is 4.79. The molecular formula is C9H9O-. The van der Waals surface area contributed by atoms with Crippen molar-refractivity contribution in [3.8, 4) is 0 Å². The van der Waals surface area contributed by atoms with Gasteiger partial charge in [0.2, 0.25) is 0 Å². The fourth-order valence-electron chi connectivity index (χ4n) is 0.714. The highest BCUT2D eigenvalue weighted by atomic mass is 16.3. The number of allylic oxidation sites excluding steroid dienone is 8. The summed E-state index contributed by atoms with van der Waals surface area (Å²) in [6.45, 7) is 1.54. The Morgan fingerprint density at radius 3 is 2.50 bits per heavy atom. The van der Waals surface area contributed by atoms with E-state index < -0.39 is 0 Å². The fourth-order valence-corrected chi connectivity index (χ4v) is 0.714. The Kier molecular flexibility index (Phi) is 2.11. The van der Waals surface area contributed by atoms with E-state index in [2.05, 4.69) is 0 Å². The van der Waals surface area contributed by atoms with Crippen LogP contribution < -0.4 is 5.11 Å². The Morgan fingerprint density at radius 1 is 1.40 bits per heavy atom. The van der Waals surface area contributed by atoms with Crippen LogP contribution in [0, 0.1) is 0 Å². The van der Waals surface area contributed by atoms with Gasteiger partial charge in [0.25, 0.3) is 0 Å². The van der Waals surface area contributed by atoms with Crippen molar-refractivity contribution in [3.05, 3.63) is 47.8 Å². The Balaban J connectivity index is 2.65. The Bertz CT molecular complexity index is 211. The van der Waals surface area contributed by atoms with Crippen LogP contribution in [-0.4, -0.2) is 0 Å². The van der Waals surface area contributed by atoms with Crippen LogP contribution in [0.25, 0.3) is 0 Å². The van der Waals surface area contributed by atoms with E-state index in [9.17, 15) is 5.11 Å². The molecule has 0 atom stereocenters. The Labute approximate surface area is 60.7 Å². The van der Waals surface area contributed by atoms with Gasteiger partial charge in [-0.2, -0.15) is 0 Å². The minimum absolute atomic E-state index is 0.0844. The predicted octanol–water partition coefficient (Wildman–Crippen LogP) is 1.30. The average molecular weight is 133 g/mol. The second kappa shape index (κ2) is 3.06. The van der Waals surface area contributed by atoms with Crippen molar-refractivity contribution in [2.24, 2.45) is 0 Å². The first-order valence-corrected chi connectivity index (χ1v) is 3.19. The molecule has 1 aliphatic carbocycles. The largest absolute Gasteiger partial charge is 0.876 e. The monoisotopic (exact) mass is 133 g/mol. The summed E-state index contributed by atoms with van der Waals surface area (Å²) in [5, 5.41) is 10.5. The molecule has 0 unspecified atom stereocenters. The standard InChI is InChI=1S/C9H10O/c1-8(10)6-7-9-4-2-3-5-9/h2-7,10H,1H3/p-1/b8-6-. The molecule has 10 heavy (non-hydrogen) atoms. The highest BCUT2D eigenvalue weighted by Gasteiger charge is 1.86. The van der Waals surface area contributed by atoms with Gasteiger partial charge in [0.05, 0.1) is 0 Å². The van der Waals surface area contributed by atoms with E-state index in [1.54, 1.807) is 13.0 Å². The van der Waals surface area contributed by atoms with Gasteiger partial charge in [-0.25, -0.2) is 0 Å². The van der Waals surface area contributed by atoms with Crippen molar-refractivity contribution in [1.82, 2.24) is 0 Å². The van der Waals surface area contributed by atoms with Crippen molar-refractivity contribution in [2.75, 3.05) is 0 Å². The third kappa shape index (κ3) is 1.94. The van der Waals surface area contributed by atoms with Crippen molar-refractivity contribution in [2.45, 2.75) is 6.92 Å². The van der Waals surface area contributed by atoms with Crippen LogP contribution in [0.2, 0.25) is 0 Å². The van der Waals surface area contributed by atoms with E-state index in [1.807, 2.05) is 30.4 Å². The molecule has 0 saturated carbocycles. The van der Waals surface area contributed by atoms with Gasteiger partial charge in [-0.3, -0.25) is 0 Å². The molecule has 0 fully saturated rings. The number of rotatable bonds is 1. The number of hydrogen-bond acceptors (Lipinski definition) is 1. The van der Waals surface area contributed by atoms with Gasteiger partial charge >= 0.3 is 0 Å². The van der Waals surface area contributed by atoms with Crippen molar-refractivity contribution < 1.29 is 5.11 Å². The van der Waals surface area contributed by atoms with Crippen LogP contribution in [0.4, 0.5) is 0 Å². The summed E-state index contributed by atoms with van der Waals surface area (Å²) in [4.78, 5) is 0. The van der Waals surface area contributed by atoms with Crippen LogP contribution in [0.1, 0.15) is 6.92 Å². The van der Waals surface area contributed by atoms with Crippen LogP contribution in [-0.2, 0) is 0 Å². The molecule has 1 heteroatoms. The first kappa shape index (κ1) is 6.87. The van der Waals surface area contributed by atoms with E-state index in [4.69, 9.17) is 0 Å². The van der Waals surface area contributed by atoms with Crippen LogP contribution in [0.15, 0.2) is 47.8 Å². The summed E-state index contributed by atoms with van der Waals surface area (Å²) < 4.78 is 0. The van der Waals surface area contributed by atoms with Crippen LogP contribution in [0.3, 0.4) is 0 Å². The van der Waals surface area contributed by atoms with Crippen LogP contribution >= 0.6 is 0 Å². The smallest absolute Gasteiger partial charge is 0.0257 e. The zero-order valence-corrected chi connectivity index (χ0v) is 5.87. The lowest BCUT2D eigenvalue weighted by atomic mass is 10.2. The fraction of sp³-hybridized carbons (Fsp3) is 0.111. The van der Waals surface area contributed by atoms with Crippen molar-refractivity contribution in [1.29, 1.82) is 0 Å². The molecule has 0 bridgehead atoms. The van der Waals surface area contributed by atoms with E-state index in [0.717, 1.165) is 5.57 Å². The molecule has 0 spiro atoms. The summed E-state index contributed by atoms with van der Waals surface area (Å²) in [5.74, 6) is 0.0844. The maximum atomic E-state index is 10.5. The topological polar surface area (TPSA) is 23.1 Å². The molecule has 0 heterocycles. The van der Waals surface area contributed by atoms with Gasteiger partial charge in [-0.15, -0.1) is 5.76 Å². The molecule has 0 aromatic carbocycles. The van der Waals surface area contributed by atoms with Gasteiger partial charge in [0.15, 0.2) is 0 Å². The van der Waals surface area contributed by atoms with E-state index in [-0.39, 0.29) is 5.76 Å². The minimum atomic E-state index is 0.0844. The molecule has 0 saturated heterocycles. The van der Waals surface area contributed by atoms with Gasteiger partial charge in [0.1, 0.15) is 0 Å². The summed E-state index contributed by atoms with van der Waals surface area (Å²) in [6, 6.07) is 0. The molecule has 0 aromatic rings. The lowest BCUT2D eigenvalue weighted by Crippen LogP contribution is -1.96. The van der Waals surface area contributed by atoms with E-state index in [0.29, 0.717) is 0 Å². The summed E-state index contributed by atoms with van der Waals surface area (Å²) in [7, 11) is 0. The van der Waals surface area contributed by atoms with E-state index >= 15 is 0 Å². The van der Waals surface area contributed by atoms with Crippen molar-refractivity contribution in [3.63, 3.8) is 0 Å². The van der Waals surface area contributed by atoms with E-state index in [1.165, 1.54) is 0 Å². The second-order valence-electron chi connectivity index (χ2n) is 2.16. The van der Waals surface area contributed by atoms with Crippen molar-refractivity contribution >= 4 is 0 Å². The van der Waals surface area contributed by atoms with Gasteiger partial charge < -0.3 is 5.11 Å². The molecule has 1 aliphatic rings. The Hall–Kier alpha value is -1.24. The minimum Gasteiger partial charge on any atom is -0.876 e. The quantitative estimate of drug-likeness (QED) is 0.494. The van der Waals surface area contributed by atoms with Gasteiger partial charge in [0, 0.05) is 0 Å². The predicted molar refractivity (Wildman–Crippen MR) is 40.1 cm³/mol. The summed E-state index contributed by atoms with van der Waals surface area (Å²) in [6.07, 6.45) is 11.2. The maximum Gasteiger partial charge on any atom is -0.0257 e. The molecule has 1 nitrogen and oxygen atoms in total. The molecule has 0 aliphatic heterocycles. The molecule has 52 valence electrons. The zero-order valence-electron chi connectivity index (χ0n) is 5.87. The van der Waals surface area contributed by atoms with Gasteiger partial charge in [-0.1, -0.05) is 43.4 Å². The first-order valence-electron chi connectivity index (χ1n) is 3.19. The third-order valence-corrected chi connectivity index (χ3v) is 1.20. The lowest BCUT2D eigenvalue weighted by Gasteiger charge is -1.99. The Morgan fingerprint density at radius 2 is 2.00 bits per heavy atom. The normalized spacial score (nSPS) is 16.5. The molecule has 1 rings (SSSR count). The molecular weight excluding hydrogens is 124 g/mol. The van der Waals surface area contributed by atoms with Crippen LogP contribution in [0.5, 0.6) is 0 Å². The molecule has 0 N–H and O–H groups in total. The third-order valence-electron chi connectivity index (χ3n) is 1.20. The van der Waals surface area contributed by atoms with Gasteiger partial charge in [-0.05, 0) is 5.57 Å². The average Bonchev–Trinajstić information content (AvgIpc) is 2.34. The molecule has 0 amide bonds. The number of hydrogen-bond donors (Lipinski definition) is 0. The second-order valence-corrected chi connectivity index (χ2v) is 2.16. The highest BCUT2D eigenvalue weighted by molar-refractivity contribution is 5.41. The summed E-state index contributed by atoms with van der Waals surface area (Å²) in [5.41, 5.74) is 1.08. The SMILES string of the molecule is C/C([O-])=C/C=C1C=CC=C1. The maximum absolute atomic E-state index is 10.5. The molecule has 0 radical (unpaired) electrons. The molecule has 0 aromatic heterocycles. The zero-order chi connectivity index (χ0) is 7.40. The highest BCUT2D eigenvalue weighted by Crippen LogP contribution is 2.06.